The van der Waals surface area contributed by atoms with E-state index in [-0.39, 0.29) is 17.7 Å². The van der Waals surface area contributed by atoms with E-state index < -0.39 is 11.9 Å². The van der Waals surface area contributed by atoms with Crippen LogP contribution in [-0.2, 0) is 9.84 Å². The van der Waals surface area contributed by atoms with Gasteiger partial charge in [0.2, 0.25) is 0 Å². The summed E-state index contributed by atoms with van der Waals surface area (Å²) in [6.45, 7) is 1.86. The highest BCUT2D eigenvalue weighted by molar-refractivity contribution is 6.02. The lowest BCUT2D eigenvalue weighted by Crippen LogP contribution is -2.10. The summed E-state index contributed by atoms with van der Waals surface area (Å²) in [6, 6.07) is 5.79. The van der Waals surface area contributed by atoms with Crippen LogP contribution in [0.2, 0.25) is 0 Å². The monoisotopic (exact) mass is 193 g/mol. The standard InChI is InChI=1S/C10H9O4/c1-2-14-10(13)8-6-4-3-5-7(8)9(11)12/h3-6H,2H2,1H3. The Morgan fingerprint density at radius 3 is 2.29 bits per heavy atom. The molecule has 0 fully saturated rings. The highest BCUT2D eigenvalue weighted by atomic mass is 16.5. The van der Waals surface area contributed by atoms with E-state index in [0.29, 0.717) is 0 Å². The first-order valence-electron chi connectivity index (χ1n) is 4.14. The molecule has 1 radical (unpaired) electrons. The fraction of sp³-hybridized carbons (Fsp3) is 0.200. The lowest BCUT2D eigenvalue weighted by molar-refractivity contribution is 0.0496. The van der Waals surface area contributed by atoms with Gasteiger partial charge in [-0.15, -0.1) is 0 Å². The van der Waals surface area contributed by atoms with Crippen LogP contribution >= 0.6 is 0 Å². The molecule has 4 heteroatoms. The predicted molar refractivity (Wildman–Crippen MR) is 47.4 cm³/mol. The molecule has 1 rings (SSSR count). The summed E-state index contributed by atoms with van der Waals surface area (Å²) < 4.78 is 4.69. The number of hydrogen-bond donors (Lipinski definition) is 0. The summed E-state index contributed by atoms with van der Waals surface area (Å²) >= 11 is 0. The second-order valence-corrected chi connectivity index (χ2v) is 2.55. The van der Waals surface area contributed by atoms with Gasteiger partial charge in [-0.25, -0.2) is 14.7 Å². The maximum atomic E-state index is 11.3. The molecule has 0 N–H and O–H groups in total. The number of ether oxygens (including phenoxy) is 1. The van der Waals surface area contributed by atoms with Gasteiger partial charge in [0.05, 0.1) is 17.7 Å². The minimum absolute atomic E-state index is 0.0225. The van der Waals surface area contributed by atoms with Crippen LogP contribution in [0.15, 0.2) is 24.3 Å². The molecule has 0 unspecified atom stereocenters. The van der Waals surface area contributed by atoms with Crippen molar-refractivity contribution in [1.82, 2.24) is 0 Å². The third-order valence-corrected chi connectivity index (χ3v) is 1.64. The van der Waals surface area contributed by atoms with Crippen LogP contribution in [0.3, 0.4) is 0 Å². The quantitative estimate of drug-likeness (QED) is 0.682. The lowest BCUT2D eigenvalue weighted by Gasteiger charge is -2.03. The Balaban J connectivity index is 3.07. The van der Waals surface area contributed by atoms with Crippen molar-refractivity contribution < 1.29 is 19.4 Å². The van der Waals surface area contributed by atoms with Crippen molar-refractivity contribution in [3.05, 3.63) is 35.4 Å². The summed E-state index contributed by atoms with van der Waals surface area (Å²) in [5.74, 6) is -2.03. The largest absolute Gasteiger partial charge is 0.462 e. The van der Waals surface area contributed by atoms with Crippen LogP contribution in [-0.4, -0.2) is 18.5 Å². The molecule has 0 aliphatic carbocycles. The van der Waals surface area contributed by atoms with Crippen molar-refractivity contribution in [2.24, 2.45) is 0 Å². The van der Waals surface area contributed by atoms with Gasteiger partial charge < -0.3 is 4.74 Å². The van der Waals surface area contributed by atoms with Crippen LogP contribution < -0.4 is 0 Å². The van der Waals surface area contributed by atoms with Gasteiger partial charge >= 0.3 is 11.9 Å². The van der Waals surface area contributed by atoms with Gasteiger partial charge in [-0.1, -0.05) is 12.1 Å². The smallest absolute Gasteiger partial charge is 0.387 e. The van der Waals surface area contributed by atoms with E-state index in [0.717, 1.165) is 0 Å². The number of benzene rings is 1. The fourth-order valence-electron chi connectivity index (χ4n) is 1.05. The van der Waals surface area contributed by atoms with Gasteiger partial charge in [0.25, 0.3) is 0 Å². The highest BCUT2D eigenvalue weighted by Gasteiger charge is 2.17. The fourth-order valence-corrected chi connectivity index (χ4v) is 1.05. The van der Waals surface area contributed by atoms with E-state index in [4.69, 9.17) is 0 Å². The van der Waals surface area contributed by atoms with Crippen LogP contribution in [0.25, 0.3) is 0 Å². The molecule has 0 aliphatic heterocycles. The Hall–Kier alpha value is -1.84. The second-order valence-electron chi connectivity index (χ2n) is 2.55. The molecular weight excluding hydrogens is 184 g/mol. The first-order valence-corrected chi connectivity index (χ1v) is 4.14. The Morgan fingerprint density at radius 2 is 1.79 bits per heavy atom. The molecule has 0 bridgehead atoms. The summed E-state index contributed by atoms with van der Waals surface area (Å²) in [4.78, 5) is 21.9. The molecule has 0 saturated heterocycles. The zero-order chi connectivity index (χ0) is 10.6. The number of rotatable bonds is 3. The summed E-state index contributed by atoms with van der Waals surface area (Å²) in [6.07, 6.45) is 0. The maximum absolute atomic E-state index is 11.3. The Kier molecular flexibility index (Phi) is 3.23. The molecule has 14 heavy (non-hydrogen) atoms. The molecular formula is C10H9O4. The number of carbonyl (C=O) groups is 2. The van der Waals surface area contributed by atoms with Crippen LogP contribution in [0.1, 0.15) is 27.6 Å². The molecule has 0 aliphatic rings. The van der Waals surface area contributed by atoms with Crippen LogP contribution in [0, 0.1) is 0 Å². The third kappa shape index (κ3) is 2.10. The van der Waals surface area contributed by atoms with E-state index in [2.05, 4.69) is 4.74 Å². The third-order valence-electron chi connectivity index (χ3n) is 1.64. The number of esters is 1. The minimum atomic E-state index is -1.38. The van der Waals surface area contributed by atoms with Crippen molar-refractivity contribution in [1.29, 1.82) is 0 Å². The normalized spacial score (nSPS) is 9.50. The molecule has 1 aromatic rings. The second kappa shape index (κ2) is 4.41. The minimum Gasteiger partial charge on any atom is -0.462 e. The summed E-state index contributed by atoms with van der Waals surface area (Å²) in [5, 5.41) is 10.6. The van der Waals surface area contributed by atoms with E-state index in [9.17, 15) is 14.7 Å². The zero-order valence-electron chi connectivity index (χ0n) is 7.65. The van der Waals surface area contributed by atoms with E-state index >= 15 is 0 Å². The predicted octanol–water partition coefficient (Wildman–Crippen LogP) is 1.43. The molecule has 0 atom stereocenters. The van der Waals surface area contributed by atoms with Gasteiger partial charge in [-0.2, -0.15) is 0 Å². The molecule has 0 spiro atoms. The molecule has 4 nitrogen and oxygen atoms in total. The molecule has 73 valence electrons. The lowest BCUT2D eigenvalue weighted by atomic mass is 10.1. The van der Waals surface area contributed by atoms with E-state index in [1.165, 1.54) is 18.2 Å². The van der Waals surface area contributed by atoms with Crippen molar-refractivity contribution in [3.8, 4) is 0 Å². The van der Waals surface area contributed by atoms with Crippen LogP contribution in [0.5, 0.6) is 0 Å². The van der Waals surface area contributed by atoms with Gasteiger partial charge in [0, 0.05) is 0 Å². The van der Waals surface area contributed by atoms with Gasteiger partial charge in [-0.05, 0) is 19.1 Å². The number of carbonyl (C=O) groups excluding carboxylic acids is 2. The first-order chi connectivity index (χ1) is 6.66. The molecule has 0 heterocycles. The average molecular weight is 193 g/mol. The Labute approximate surface area is 81.1 Å². The molecule has 1 aromatic carbocycles. The molecule has 0 amide bonds. The number of hydrogen-bond acceptors (Lipinski definition) is 3. The van der Waals surface area contributed by atoms with E-state index in [1.807, 2.05) is 0 Å². The molecule has 0 aromatic heterocycles. The van der Waals surface area contributed by atoms with Gasteiger partial charge in [-0.3, -0.25) is 0 Å². The van der Waals surface area contributed by atoms with Crippen molar-refractivity contribution in [2.75, 3.05) is 6.61 Å². The zero-order valence-corrected chi connectivity index (χ0v) is 7.65. The van der Waals surface area contributed by atoms with Crippen LogP contribution in [0.4, 0.5) is 0 Å². The first kappa shape index (κ1) is 10.2. The summed E-state index contributed by atoms with van der Waals surface area (Å²) in [7, 11) is 0. The average Bonchev–Trinajstić information content (AvgIpc) is 2.18. The topological polar surface area (TPSA) is 63.3 Å². The highest BCUT2D eigenvalue weighted by Crippen LogP contribution is 2.10. The summed E-state index contributed by atoms with van der Waals surface area (Å²) in [5.41, 5.74) is -0.125. The van der Waals surface area contributed by atoms with Gasteiger partial charge in [0.15, 0.2) is 0 Å². The Bertz CT molecular complexity index is 357. The SMILES string of the molecule is CCOC(=O)c1ccccc1C([O])=O. The van der Waals surface area contributed by atoms with Crippen molar-refractivity contribution in [2.45, 2.75) is 6.92 Å². The Morgan fingerprint density at radius 1 is 1.21 bits per heavy atom. The van der Waals surface area contributed by atoms with Crippen molar-refractivity contribution in [3.63, 3.8) is 0 Å². The van der Waals surface area contributed by atoms with Crippen molar-refractivity contribution >= 4 is 11.9 Å². The van der Waals surface area contributed by atoms with E-state index in [1.54, 1.807) is 13.0 Å². The van der Waals surface area contributed by atoms with Gasteiger partial charge in [0.1, 0.15) is 0 Å². The maximum Gasteiger partial charge on any atom is 0.387 e. The molecule has 0 saturated carbocycles.